The van der Waals surface area contributed by atoms with Gasteiger partial charge in [0.2, 0.25) is 5.91 Å². The fourth-order valence-corrected chi connectivity index (χ4v) is 3.47. The molecule has 0 bridgehead atoms. The summed E-state index contributed by atoms with van der Waals surface area (Å²) in [6.45, 7) is 0.522. The number of carbonyl (C=O) groups is 1. The lowest BCUT2D eigenvalue weighted by atomic mass is 10.0. The molecule has 4 rings (SSSR count). The van der Waals surface area contributed by atoms with Gasteiger partial charge in [-0.05, 0) is 24.1 Å². The Balaban J connectivity index is 1.80. The van der Waals surface area contributed by atoms with Crippen LogP contribution < -0.4 is 16.2 Å². The Morgan fingerprint density at radius 2 is 1.90 bits per heavy atom. The molecule has 1 aromatic carbocycles. The molecule has 0 spiro atoms. The van der Waals surface area contributed by atoms with E-state index in [2.05, 4.69) is 20.6 Å². The minimum atomic E-state index is -4.44. The minimum absolute atomic E-state index is 0.0875. The summed E-state index contributed by atoms with van der Waals surface area (Å²) in [5, 5.41) is 6.12. The van der Waals surface area contributed by atoms with E-state index in [1.807, 2.05) is 0 Å². The number of hydrogen-bond acceptors (Lipinski definition) is 5. The first-order chi connectivity index (χ1) is 14.2. The summed E-state index contributed by atoms with van der Waals surface area (Å²) in [6.07, 6.45) is -0.674. The zero-order valence-corrected chi connectivity index (χ0v) is 16.0. The van der Waals surface area contributed by atoms with Crippen molar-refractivity contribution in [1.29, 1.82) is 0 Å². The highest BCUT2D eigenvalue weighted by Gasteiger charge is 2.30. The molecule has 3 heterocycles. The van der Waals surface area contributed by atoms with Crippen molar-refractivity contribution in [2.24, 2.45) is 7.05 Å². The molecule has 1 aliphatic rings. The molecular weight excluding hydrogens is 399 g/mol. The lowest BCUT2D eigenvalue weighted by Crippen LogP contribution is -2.40. The molecule has 0 aliphatic carbocycles. The van der Waals surface area contributed by atoms with Crippen molar-refractivity contribution >= 4 is 22.6 Å². The number of piperidine rings is 1. The van der Waals surface area contributed by atoms with Gasteiger partial charge in [0.05, 0.1) is 17.4 Å². The van der Waals surface area contributed by atoms with E-state index in [-0.39, 0.29) is 29.3 Å². The first kappa shape index (κ1) is 19.9. The van der Waals surface area contributed by atoms with E-state index in [1.165, 1.54) is 29.2 Å². The molecule has 2 aromatic heterocycles. The monoisotopic (exact) mass is 417 g/mol. The maximum Gasteiger partial charge on any atom is 0.416 e. The molecule has 1 fully saturated rings. The summed E-state index contributed by atoms with van der Waals surface area (Å²) in [5.74, 6) is 0.213. The topological polar surface area (TPSA) is 88.9 Å². The number of pyridine rings is 1. The van der Waals surface area contributed by atoms with E-state index in [4.69, 9.17) is 0 Å². The van der Waals surface area contributed by atoms with Crippen LogP contribution in [0.5, 0.6) is 0 Å². The second-order valence-corrected chi connectivity index (χ2v) is 7.16. The van der Waals surface area contributed by atoms with Crippen LogP contribution >= 0.6 is 0 Å². The molecule has 1 saturated heterocycles. The number of fused-ring (bicyclic) bond motifs is 1. The number of alkyl halides is 3. The molecule has 1 unspecified atom stereocenters. The molecule has 10 heteroatoms. The lowest BCUT2D eigenvalue weighted by Gasteiger charge is -2.24. The Hall–Kier alpha value is -3.43. The number of rotatable bonds is 3. The molecule has 1 amide bonds. The smallest absolute Gasteiger partial charge is 0.366 e. The first-order valence-electron chi connectivity index (χ1n) is 9.29. The van der Waals surface area contributed by atoms with Crippen molar-refractivity contribution in [3.63, 3.8) is 0 Å². The number of nitrogens with one attached hydrogen (secondary N) is 2. The quantitative estimate of drug-likeness (QED) is 0.684. The van der Waals surface area contributed by atoms with E-state index in [9.17, 15) is 22.8 Å². The highest BCUT2D eigenvalue weighted by Crippen LogP contribution is 2.33. The van der Waals surface area contributed by atoms with Gasteiger partial charge < -0.3 is 15.2 Å². The molecule has 30 heavy (non-hydrogen) atoms. The fourth-order valence-electron chi connectivity index (χ4n) is 3.47. The number of amides is 1. The van der Waals surface area contributed by atoms with Crippen molar-refractivity contribution in [1.82, 2.24) is 19.9 Å². The number of carbonyl (C=O) groups excluding carboxylic acids is 1. The van der Waals surface area contributed by atoms with Crippen LogP contribution in [0.25, 0.3) is 22.0 Å². The minimum Gasteiger partial charge on any atom is -0.366 e. The number of aromatic nitrogens is 3. The third-order valence-electron chi connectivity index (χ3n) is 5.06. The van der Waals surface area contributed by atoms with Crippen molar-refractivity contribution in [3.8, 4) is 11.1 Å². The third-order valence-corrected chi connectivity index (χ3v) is 5.06. The van der Waals surface area contributed by atoms with Crippen LogP contribution in [0.1, 0.15) is 18.4 Å². The normalized spacial score (nSPS) is 17.1. The van der Waals surface area contributed by atoms with Crippen LogP contribution in [-0.2, 0) is 18.0 Å². The number of aryl methyl sites for hydroxylation is 1. The molecule has 1 aliphatic heterocycles. The number of benzene rings is 1. The van der Waals surface area contributed by atoms with Crippen molar-refractivity contribution in [3.05, 3.63) is 52.7 Å². The Morgan fingerprint density at radius 3 is 2.57 bits per heavy atom. The van der Waals surface area contributed by atoms with E-state index in [1.54, 1.807) is 7.05 Å². The van der Waals surface area contributed by atoms with Crippen LogP contribution in [0, 0.1) is 0 Å². The van der Waals surface area contributed by atoms with E-state index in [0.717, 1.165) is 12.1 Å². The number of anilines is 1. The summed E-state index contributed by atoms with van der Waals surface area (Å²) < 4.78 is 39.9. The average molecular weight is 417 g/mol. The van der Waals surface area contributed by atoms with Gasteiger partial charge in [0.1, 0.15) is 11.2 Å². The molecule has 1 atom stereocenters. The van der Waals surface area contributed by atoms with Gasteiger partial charge in [0.15, 0.2) is 0 Å². The van der Waals surface area contributed by atoms with Gasteiger partial charge in [0.25, 0.3) is 5.56 Å². The Bertz CT molecular complexity index is 1170. The van der Waals surface area contributed by atoms with Gasteiger partial charge in [-0.3, -0.25) is 9.59 Å². The fraction of sp³-hybridized carbons (Fsp3) is 0.300. The Kier molecular flexibility index (Phi) is 4.92. The zero-order chi connectivity index (χ0) is 21.5. The Labute approximate surface area is 169 Å². The van der Waals surface area contributed by atoms with Crippen molar-refractivity contribution in [2.75, 3.05) is 11.9 Å². The highest BCUT2D eigenvalue weighted by atomic mass is 19.4. The SMILES string of the molecule is Cn1cnc2c(-c3ccc(C(F)(F)F)cc3)cnc(NC3CCNC(=O)C3)c2c1=O. The lowest BCUT2D eigenvalue weighted by molar-refractivity contribution is -0.137. The predicted octanol–water partition coefficient (Wildman–Crippen LogP) is 2.70. The second-order valence-electron chi connectivity index (χ2n) is 7.16. The van der Waals surface area contributed by atoms with Crippen molar-refractivity contribution in [2.45, 2.75) is 25.1 Å². The first-order valence-corrected chi connectivity index (χ1v) is 9.29. The standard InChI is InChI=1S/C20H18F3N5O2/c1-28-10-26-17-14(11-2-4-12(5-3-11)20(21,22)23)9-25-18(16(17)19(28)30)27-13-6-7-24-15(29)8-13/h2-5,9-10,13H,6-8H2,1H3,(H,24,29)(H,25,27). The third kappa shape index (κ3) is 3.72. The number of halogens is 3. The maximum absolute atomic E-state index is 12.9. The van der Waals surface area contributed by atoms with Crippen LogP contribution in [0.4, 0.5) is 19.0 Å². The molecule has 0 radical (unpaired) electrons. The molecular formula is C20H18F3N5O2. The van der Waals surface area contributed by atoms with Crippen LogP contribution in [0.15, 0.2) is 41.6 Å². The summed E-state index contributed by atoms with van der Waals surface area (Å²) in [5.41, 5.74) is 0.133. The summed E-state index contributed by atoms with van der Waals surface area (Å²) in [4.78, 5) is 33.2. The van der Waals surface area contributed by atoms with Gasteiger partial charge in [-0.15, -0.1) is 0 Å². The van der Waals surface area contributed by atoms with Crippen LogP contribution in [0.2, 0.25) is 0 Å². The van der Waals surface area contributed by atoms with Gasteiger partial charge >= 0.3 is 6.18 Å². The van der Waals surface area contributed by atoms with Gasteiger partial charge in [-0.25, -0.2) is 9.97 Å². The Morgan fingerprint density at radius 1 is 1.17 bits per heavy atom. The van der Waals surface area contributed by atoms with E-state index in [0.29, 0.717) is 35.4 Å². The van der Waals surface area contributed by atoms with Crippen molar-refractivity contribution < 1.29 is 18.0 Å². The average Bonchev–Trinajstić information content (AvgIpc) is 2.70. The highest BCUT2D eigenvalue weighted by molar-refractivity contribution is 5.98. The summed E-state index contributed by atoms with van der Waals surface area (Å²) in [6, 6.07) is 4.44. The van der Waals surface area contributed by atoms with E-state index >= 15 is 0 Å². The maximum atomic E-state index is 12.9. The van der Waals surface area contributed by atoms with Gasteiger partial charge in [0, 0.05) is 37.8 Å². The van der Waals surface area contributed by atoms with Crippen LogP contribution in [0.3, 0.4) is 0 Å². The van der Waals surface area contributed by atoms with Gasteiger partial charge in [-0.2, -0.15) is 13.2 Å². The van der Waals surface area contributed by atoms with Gasteiger partial charge in [-0.1, -0.05) is 12.1 Å². The second kappa shape index (κ2) is 7.43. The molecule has 156 valence electrons. The number of hydrogen-bond donors (Lipinski definition) is 2. The van der Waals surface area contributed by atoms with E-state index < -0.39 is 11.7 Å². The number of nitrogens with zero attached hydrogens (tertiary/aromatic N) is 3. The van der Waals surface area contributed by atoms with Crippen LogP contribution in [-0.4, -0.2) is 33.0 Å². The molecule has 0 saturated carbocycles. The molecule has 2 N–H and O–H groups in total. The zero-order valence-electron chi connectivity index (χ0n) is 16.0. The molecule has 7 nitrogen and oxygen atoms in total. The predicted molar refractivity (Wildman–Crippen MR) is 105 cm³/mol. The largest absolute Gasteiger partial charge is 0.416 e. The summed E-state index contributed by atoms with van der Waals surface area (Å²) >= 11 is 0. The molecule has 3 aromatic rings. The summed E-state index contributed by atoms with van der Waals surface area (Å²) in [7, 11) is 1.55.